The highest BCUT2D eigenvalue weighted by molar-refractivity contribution is 5.32. The van der Waals surface area contributed by atoms with Gasteiger partial charge >= 0.3 is 6.01 Å². The summed E-state index contributed by atoms with van der Waals surface area (Å²) < 4.78 is 5.49. The van der Waals surface area contributed by atoms with E-state index in [9.17, 15) is 0 Å². The largest absolute Gasteiger partial charge is 0.463 e. The molecule has 6 nitrogen and oxygen atoms in total. The van der Waals surface area contributed by atoms with Crippen LogP contribution in [0.4, 0.5) is 5.95 Å². The molecule has 0 fully saturated rings. The van der Waals surface area contributed by atoms with E-state index in [2.05, 4.69) is 26.0 Å². The minimum atomic E-state index is 0.0734. The van der Waals surface area contributed by atoms with Crippen molar-refractivity contribution >= 4 is 5.95 Å². The smallest absolute Gasteiger partial charge is 0.321 e. The van der Waals surface area contributed by atoms with Crippen LogP contribution in [0.2, 0.25) is 0 Å². The van der Waals surface area contributed by atoms with Gasteiger partial charge in [0.15, 0.2) is 0 Å². The van der Waals surface area contributed by atoms with Crippen LogP contribution in [0.15, 0.2) is 18.3 Å². The lowest BCUT2D eigenvalue weighted by Crippen LogP contribution is -2.17. The van der Waals surface area contributed by atoms with E-state index in [0.29, 0.717) is 18.4 Å². The van der Waals surface area contributed by atoms with Crippen molar-refractivity contribution in [2.24, 2.45) is 0 Å². The normalized spacial score (nSPS) is 17.3. The van der Waals surface area contributed by atoms with Gasteiger partial charge in [0.25, 0.3) is 0 Å². The molecule has 1 aliphatic rings. The van der Waals surface area contributed by atoms with Crippen LogP contribution in [0.25, 0.3) is 0 Å². The lowest BCUT2D eigenvalue weighted by Gasteiger charge is -2.23. The summed E-state index contributed by atoms with van der Waals surface area (Å²) >= 11 is 0. The monoisotopic (exact) mass is 285 g/mol. The SMILES string of the molecule is CCCOc1nc(N)nc(C2CCCc3cccnc32)n1. The van der Waals surface area contributed by atoms with Crippen LogP contribution in [-0.2, 0) is 6.42 Å². The third-order valence-corrected chi connectivity index (χ3v) is 3.59. The van der Waals surface area contributed by atoms with Gasteiger partial charge in [0.2, 0.25) is 5.95 Å². The molecule has 0 amide bonds. The van der Waals surface area contributed by atoms with Gasteiger partial charge in [0.05, 0.1) is 18.2 Å². The van der Waals surface area contributed by atoms with E-state index in [1.165, 1.54) is 5.56 Å². The summed E-state index contributed by atoms with van der Waals surface area (Å²) in [5, 5.41) is 0. The fourth-order valence-corrected chi connectivity index (χ4v) is 2.66. The van der Waals surface area contributed by atoms with Crippen molar-refractivity contribution in [3.63, 3.8) is 0 Å². The van der Waals surface area contributed by atoms with Crippen LogP contribution in [0.3, 0.4) is 0 Å². The van der Waals surface area contributed by atoms with Crippen molar-refractivity contribution in [3.8, 4) is 6.01 Å². The van der Waals surface area contributed by atoms with Crippen molar-refractivity contribution in [2.45, 2.75) is 38.5 Å². The average molecular weight is 285 g/mol. The fraction of sp³-hybridized carbons (Fsp3) is 0.467. The van der Waals surface area contributed by atoms with Gasteiger partial charge in [0.1, 0.15) is 5.82 Å². The Morgan fingerprint density at radius 1 is 1.33 bits per heavy atom. The number of aromatic nitrogens is 4. The van der Waals surface area contributed by atoms with Crippen LogP contribution in [0.1, 0.15) is 49.2 Å². The van der Waals surface area contributed by atoms with Crippen molar-refractivity contribution in [1.29, 1.82) is 0 Å². The maximum atomic E-state index is 5.80. The molecule has 0 spiro atoms. The number of nitrogens with zero attached hydrogens (tertiary/aromatic N) is 4. The van der Waals surface area contributed by atoms with E-state index in [-0.39, 0.29) is 11.9 Å². The Kier molecular flexibility index (Phi) is 3.94. The molecule has 0 bridgehead atoms. The van der Waals surface area contributed by atoms with E-state index in [0.717, 1.165) is 31.4 Å². The molecule has 0 aromatic carbocycles. The number of fused-ring (bicyclic) bond motifs is 1. The number of nitrogens with two attached hydrogens (primary N) is 1. The lowest BCUT2D eigenvalue weighted by atomic mass is 9.86. The molecule has 2 aromatic rings. The highest BCUT2D eigenvalue weighted by Gasteiger charge is 2.26. The van der Waals surface area contributed by atoms with E-state index in [1.807, 2.05) is 19.2 Å². The Labute approximate surface area is 123 Å². The van der Waals surface area contributed by atoms with Crippen LogP contribution < -0.4 is 10.5 Å². The van der Waals surface area contributed by atoms with Gasteiger partial charge in [0, 0.05) is 6.20 Å². The second-order valence-corrected chi connectivity index (χ2v) is 5.18. The maximum Gasteiger partial charge on any atom is 0.321 e. The summed E-state index contributed by atoms with van der Waals surface area (Å²) in [7, 11) is 0. The zero-order valence-corrected chi connectivity index (χ0v) is 12.1. The van der Waals surface area contributed by atoms with Gasteiger partial charge < -0.3 is 10.5 Å². The van der Waals surface area contributed by atoms with Crippen molar-refractivity contribution in [1.82, 2.24) is 19.9 Å². The third-order valence-electron chi connectivity index (χ3n) is 3.59. The zero-order valence-electron chi connectivity index (χ0n) is 12.1. The molecule has 6 heteroatoms. The number of nitrogen functional groups attached to an aromatic ring is 1. The first kappa shape index (κ1) is 13.7. The number of anilines is 1. The Bertz CT molecular complexity index is 631. The van der Waals surface area contributed by atoms with Crippen LogP contribution in [0, 0.1) is 0 Å². The lowest BCUT2D eigenvalue weighted by molar-refractivity contribution is 0.289. The molecule has 1 atom stereocenters. The Morgan fingerprint density at radius 3 is 3.10 bits per heavy atom. The molecular weight excluding hydrogens is 266 g/mol. The zero-order chi connectivity index (χ0) is 14.7. The van der Waals surface area contributed by atoms with Gasteiger partial charge in [-0.1, -0.05) is 13.0 Å². The summed E-state index contributed by atoms with van der Waals surface area (Å²) in [6.07, 6.45) is 5.84. The summed E-state index contributed by atoms with van der Waals surface area (Å²) in [5.41, 5.74) is 8.11. The quantitative estimate of drug-likeness (QED) is 0.925. The van der Waals surface area contributed by atoms with Crippen LogP contribution >= 0.6 is 0 Å². The average Bonchev–Trinajstić information content (AvgIpc) is 2.52. The summed E-state index contributed by atoms with van der Waals surface area (Å²) in [6, 6.07) is 4.40. The summed E-state index contributed by atoms with van der Waals surface area (Å²) in [6.45, 7) is 2.61. The predicted octanol–water partition coefficient (Wildman–Crippen LogP) is 2.11. The Balaban J connectivity index is 1.95. The minimum Gasteiger partial charge on any atom is -0.463 e. The van der Waals surface area contributed by atoms with E-state index in [4.69, 9.17) is 10.5 Å². The molecule has 2 aromatic heterocycles. The number of pyridine rings is 1. The molecule has 0 aliphatic heterocycles. The van der Waals surface area contributed by atoms with Gasteiger partial charge in [-0.25, -0.2) is 0 Å². The highest BCUT2D eigenvalue weighted by Crippen LogP contribution is 2.33. The molecule has 21 heavy (non-hydrogen) atoms. The molecule has 3 rings (SSSR count). The van der Waals surface area contributed by atoms with Crippen molar-refractivity contribution in [2.75, 3.05) is 12.3 Å². The minimum absolute atomic E-state index is 0.0734. The molecule has 0 radical (unpaired) electrons. The molecule has 0 saturated heterocycles. The summed E-state index contributed by atoms with van der Waals surface area (Å²) in [5.74, 6) is 0.937. The van der Waals surface area contributed by atoms with E-state index < -0.39 is 0 Å². The second kappa shape index (κ2) is 6.03. The fourth-order valence-electron chi connectivity index (χ4n) is 2.66. The Morgan fingerprint density at radius 2 is 2.24 bits per heavy atom. The standard InChI is InChI=1S/C15H19N5O/c1-2-9-21-15-19-13(18-14(16)20-15)11-7-3-5-10-6-4-8-17-12(10)11/h4,6,8,11H,2-3,5,7,9H2,1H3,(H2,16,18,19,20). The maximum absolute atomic E-state index is 5.80. The van der Waals surface area contributed by atoms with E-state index >= 15 is 0 Å². The van der Waals surface area contributed by atoms with Crippen LogP contribution in [0.5, 0.6) is 6.01 Å². The number of ether oxygens (including phenoxy) is 1. The highest BCUT2D eigenvalue weighted by atomic mass is 16.5. The first-order valence-electron chi connectivity index (χ1n) is 7.36. The molecule has 0 saturated carbocycles. The van der Waals surface area contributed by atoms with E-state index in [1.54, 1.807) is 0 Å². The van der Waals surface area contributed by atoms with Crippen molar-refractivity contribution in [3.05, 3.63) is 35.4 Å². The number of hydrogen-bond donors (Lipinski definition) is 1. The molecule has 110 valence electrons. The molecule has 1 unspecified atom stereocenters. The molecule has 2 N–H and O–H groups in total. The Hall–Kier alpha value is -2.24. The van der Waals surface area contributed by atoms with Gasteiger partial charge in [-0.15, -0.1) is 0 Å². The molecule has 2 heterocycles. The summed E-state index contributed by atoms with van der Waals surface area (Å²) in [4.78, 5) is 17.3. The van der Waals surface area contributed by atoms with Gasteiger partial charge in [-0.2, -0.15) is 15.0 Å². The topological polar surface area (TPSA) is 86.8 Å². The first-order valence-corrected chi connectivity index (χ1v) is 7.36. The van der Waals surface area contributed by atoms with Gasteiger partial charge in [-0.3, -0.25) is 4.98 Å². The third kappa shape index (κ3) is 2.94. The predicted molar refractivity (Wildman–Crippen MR) is 79.0 cm³/mol. The number of rotatable bonds is 4. The van der Waals surface area contributed by atoms with Gasteiger partial charge in [-0.05, 0) is 37.3 Å². The molecule has 1 aliphatic carbocycles. The number of hydrogen-bond acceptors (Lipinski definition) is 6. The van der Waals surface area contributed by atoms with Crippen molar-refractivity contribution < 1.29 is 4.74 Å². The first-order chi connectivity index (χ1) is 10.3. The second-order valence-electron chi connectivity index (χ2n) is 5.18. The number of aryl methyl sites for hydroxylation is 1. The molecular formula is C15H19N5O. The van der Waals surface area contributed by atoms with Crippen LogP contribution in [-0.4, -0.2) is 26.5 Å².